The van der Waals surface area contributed by atoms with Crippen molar-refractivity contribution >= 4 is 60.9 Å². The molecule has 26 heavy (non-hydrogen) atoms. The third kappa shape index (κ3) is 4.28. The highest BCUT2D eigenvalue weighted by Gasteiger charge is 2.28. The van der Waals surface area contributed by atoms with Gasteiger partial charge in [-0.15, -0.1) is 0 Å². The molecule has 1 aliphatic heterocycles. The Kier molecular flexibility index (Phi) is 5.70. The van der Waals surface area contributed by atoms with Crippen molar-refractivity contribution in [1.29, 1.82) is 0 Å². The molecule has 2 aromatic carbocycles. The Bertz CT molecular complexity index is 976. The maximum atomic E-state index is 12.2. The van der Waals surface area contributed by atoms with Crippen LogP contribution in [0.4, 0.5) is 11.4 Å². The van der Waals surface area contributed by atoms with Gasteiger partial charge in [-0.1, -0.05) is 45.7 Å². The molecule has 0 aromatic heterocycles. The highest BCUT2D eigenvalue weighted by Crippen LogP contribution is 2.31. The second-order valence-electron chi connectivity index (χ2n) is 5.75. The van der Waals surface area contributed by atoms with Gasteiger partial charge in [0.15, 0.2) is 0 Å². The number of hydrogen-bond donors (Lipinski definition) is 1. The predicted octanol–water partition coefficient (Wildman–Crippen LogP) is 4.29. The van der Waals surface area contributed by atoms with E-state index in [0.717, 1.165) is 10.0 Å². The third-order valence-corrected chi connectivity index (χ3v) is 6.84. The Labute approximate surface area is 165 Å². The fourth-order valence-corrected chi connectivity index (χ4v) is 4.78. The first-order chi connectivity index (χ1) is 12.4. The van der Waals surface area contributed by atoms with Gasteiger partial charge in [0.05, 0.1) is 22.2 Å². The number of amides is 1. The lowest BCUT2D eigenvalue weighted by Gasteiger charge is -2.18. The summed E-state index contributed by atoms with van der Waals surface area (Å²) in [5.41, 5.74) is 1.73. The normalized spacial score (nSPS) is 16.2. The van der Waals surface area contributed by atoms with Gasteiger partial charge in [-0.3, -0.25) is 9.10 Å². The Morgan fingerprint density at radius 3 is 2.69 bits per heavy atom. The number of nitrogens with zero attached hydrogens (tertiary/aromatic N) is 1. The molecule has 5 nitrogen and oxygen atoms in total. The number of hydrogen-bond acceptors (Lipinski definition) is 3. The van der Waals surface area contributed by atoms with Crippen molar-refractivity contribution in [2.45, 2.75) is 6.42 Å². The summed E-state index contributed by atoms with van der Waals surface area (Å²) in [4.78, 5) is 12.2. The summed E-state index contributed by atoms with van der Waals surface area (Å²) in [5, 5.41) is 3.04. The van der Waals surface area contributed by atoms with Gasteiger partial charge >= 0.3 is 0 Å². The van der Waals surface area contributed by atoms with Gasteiger partial charge < -0.3 is 5.32 Å². The van der Waals surface area contributed by atoms with Gasteiger partial charge in [-0.05, 0) is 42.3 Å². The minimum Gasteiger partial charge on any atom is -0.321 e. The van der Waals surface area contributed by atoms with Crippen LogP contribution < -0.4 is 9.62 Å². The molecular formula is C18H16BrClN2O3S. The summed E-state index contributed by atoms with van der Waals surface area (Å²) < 4.78 is 26.3. The number of carbonyl (C=O) groups is 1. The number of carbonyl (C=O) groups excluding carboxylic acids is 1. The molecular weight excluding hydrogens is 440 g/mol. The van der Waals surface area contributed by atoms with E-state index in [1.54, 1.807) is 24.3 Å². The zero-order valence-electron chi connectivity index (χ0n) is 13.7. The quantitative estimate of drug-likeness (QED) is 0.699. The van der Waals surface area contributed by atoms with Gasteiger partial charge in [0.1, 0.15) is 0 Å². The molecule has 3 rings (SSSR count). The van der Waals surface area contributed by atoms with Crippen LogP contribution in [-0.4, -0.2) is 26.6 Å². The molecule has 0 radical (unpaired) electrons. The number of sulfonamides is 1. The van der Waals surface area contributed by atoms with Gasteiger partial charge in [0.25, 0.3) is 0 Å². The Hall–Kier alpha value is -1.83. The summed E-state index contributed by atoms with van der Waals surface area (Å²) in [7, 11) is -3.29. The number of halogens is 2. The summed E-state index contributed by atoms with van der Waals surface area (Å²) >= 11 is 9.56. The number of benzene rings is 2. The van der Waals surface area contributed by atoms with Crippen LogP contribution in [0.1, 0.15) is 12.0 Å². The van der Waals surface area contributed by atoms with Gasteiger partial charge in [-0.2, -0.15) is 0 Å². The van der Waals surface area contributed by atoms with E-state index in [1.807, 2.05) is 24.3 Å². The molecule has 1 fully saturated rings. The van der Waals surface area contributed by atoms with Crippen molar-refractivity contribution in [3.05, 3.63) is 63.6 Å². The Morgan fingerprint density at radius 1 is 1.23 bits per heavy atom. The largest absolute Gasteiger partial charge is 0.321 e. The molecule has 0 atom stereocenters. The highest BCUT2D eigenvalue weighted by molar-refractivity contribution is 9.10. The monoisotopic (exact) mass is 454 g/mol. The van der Waals surface area contributed by atoms with E-state index in [-0.39, 0.29) is 11.7 Å². The molecule has 8 heteroatoms. The molecule has 0 spiro atoms. The van der Waals surface area contributed by atoms with Crippen LogP contribution in [-0.2, 0) is 14.8 Å². The van der Waals surface area contributed by atoms with Crippen molar-refractivity contribution in [2.24, 2.45) is 0 Å². The molecule has 136 valence electrons. The summed E-state index contributed by atoms with van der Waals surface area (Å²) in [5.74, 6) is -0.226. The van der Waals surface area contributed by atoms with Crippen LogP contribution in [0, 0.1) is 0 Å². The molecule has 0 bridgehead atoms. The lowest BCUT2D eigenvalue weighted by atomic mass is 10.2. The molecule has 1 amide bonds. The van der Waals surface area contributed by atoms with E-state index in [1.165, 1.54) is 10.4 Å². The van der Waals surface area contributed by atoms with Crippen LogP contribution in [0.5, 0.6) is 0 Å². The first-order valence-electron chi connectivity index (χ1n) is 7.90. The number of nitrogens with one attached hydrogen (secondary N) is 1. The fraction of sp³-hybridized carbons (Fsp3) is 0.167. The van der Waals surface area contributed by atoms with Crippen molar-refractivity contribution in [1.82, 2.24) is 0 Å². The van der Waals surface area contributed by atoms with Crippen LogP contribution in [0.15, 0.2) is 53.0 Å². The molecule has 1 N–H and O–H groups in total. The predicted molar refractivity (Wildman–Crippen MR) is 109 cm³/mol. The van der Waals surface area contributed by atoms with E-state index < -0.39 is 10.0 Å². The third-order valence-electron chi connectivity index (χ3n) is 3.91. The maximum absolute atomic E-state index is 12.2. The second-order valence-corrected chi connectivity index (χ2v) is 9.02. The van der Waals surface area contributed by atoms with E-state index in [9.17, 15) is 13.2 Å². The molecule has 1 heterocycles. The average molecular weight is 456 g/mol. The molecule has 0 saturated carbocycles. The topological polar surface area (TPSA) is 66.5 Å². The van der Waals surface area contributed by atoms with Crippen molar-refractivity contribution in [2.75, 3.05) is 21.9 Å². The Balaban J connectivity index is 1.78. The Morgan fingerprint density at radius 2 is 2.00 bits per heavy atom. The van der Waals surface area contributed by atoms with E-state index in [2.05, 4.69) is 21.2 Å². The highest BCUT2D eigenvalue weighted by atomic mass is 79.9. The van der Waals surface area contributed by atoms with Gasteiger partial charge in [-0.25, -0.2) is 8.42 Å². The zero-order chi connectivity index (χ0) is 18.7. The van der Waals surface area contributed by atoms with Crippen LogP contribution in [0.2, 0.25) is 5.02 Å². The van der Waals surface area contributed by atoms with Gasteiger partial charge in [0, 0.05) is 17.1 Å². The van der Waals surface area contributed by atoms with Crippen molar-refractivity contribution < 1.29 is 13.2 Å². The van der Waals surface area contributed by atoms with Crippen LogP contribution in [0.3, 0.4) is 0 Å². The van der Waals surface area contributed by atoms with E-state index in [0.29, 0.717) is 29.4 Å². The summed E-state index contributed by atoms with van der Waals surface area (Å²) in [6.07, 6.45) is 3.67. The molecule has 0 aliphatic carbocycles. The average Bonchev–Trinajstić information content (AvgIpc) is 2.95. The van der Waals surface area contributed by atoms with Crippen LogP contribution >= 0.6 is 27.5 Å². The maximum Gasteiger partial charge on any atom is 0.248 e. The van der Waals surface area contributed by atoms with Gasteiger partial charge in [0.2, 0.25) is 15.9 Å². The first kappa shape index (κ1) is 18.9. The van der Waals surface area contributed by atoms with E-state index in [4.69, 9.17) is 11.6 Å². The lowest BCUT2D eigenvalue weighted by Crippen LogP contribution is -2.25. The van der Waals surface area contributed by atoms with Crippen LogP contribution in [0.25, 0.3) is 6.08 Å². The molecule has 1 saturated heterocycles. The van der Waals surface area contributed by atoms with Crippen molar-refractivity contribution in [3.8, 4) is 0 Å². The minimum absolute atomic E-state index is 0.131. The van der Waals surface area contributed by atoms with E-state index >= 15 is 0 Å². The molecule has 0 unspecified atom stereocenters. The second kappa shape index (κ2) is 7.82. The lowest BCUT2D eigenvalue weighted by molar-refractivity contribution is -0.111. The summed E-state index contributed by atoms with van der Waals surface area (Å²) in [6, 6.07) is 12.3. The standard InChI is InChI=1S/C18H16BrClN2O3S/c19-15-5-2-1-4-13(15)6-9-18(23)21-17-12-14(7-8-16(17)20)22-10-3-11-26(22,24)25/h1-2,4-9,12H,3,10-11H2,(H,21,23). The fourth-order valence-electron chi connectivity index (χ4n) is 2.64. The zero-order valence-corrected chi connectivity index (χ0v) is 16.8. The smallest absolute Gasteiger partial charge is 0.248 e. The minimum atomic E-state index is -3.29. The molecule has 1 aliphatic rings. The van der Waals surface area contributed by atoms with Crippen molar-refractivity contribution in [3.63, 3.8) is 0 Å². The number of anilines is 2. The molecule has 2 aromatic rings. The SMILES string of the molecule is O=C(C=Cc1ccccc1Br)Nc1cc(N2CCCS2(=O)=O)ccc1Cl. The first-order valence-corrected chi connectivity index (χ1v) is 10.7. The summed E-state index contributed by atoms with van der Waals surface area (Å²) in [6.45, 7) is 0.430. The number of rotatable bonds is 4.